The molecule has 1 aromatic heterocycles. The van der Waals surface area contributed by atoms with Gasteiger partial charge in [-0.1, -0.05) is 29.5 Å². The van der Waals surface area contributed by atoms with Gasteiger partial charge in [-0.25, -0.2) is 18.6 Å². The Balaban J connectivity index is 1.42. The van der Waals surface area contributed by atoms with Crippen LogP contribution in [0.5, 0.6) is 0 Å². The van der Waals surface area contributed by atoms with Crippen LogP contribution in [0, 0.1) is 13.8 Å². The van der Waals surface area contributed by atoms with E-state index in [0.29, 0.717) is 27.6 Å². The summed E-state index contributed by atoms with van der Waals surface area (Å²) in [6.45, 7) is 4.80. The van der Waals surface area contributed by atoms with Gasteiger partial charge in [0.15, 0.2) is 5.13 Å². The Labute approximate surface area is 199 Å². The summed E-state index contributed by atoms with van der Waals surface area (Å²) in [5.74, 6) is -3.19. The Hall–Kier alpha value is -3.85. The van der Waals surface area contributed by atoms with Crippen molar-refractivity contribution in [2.24, 2.45) is 0 Å². The first kappa shape index (κ1) is 23.3. The third-order valence-electron chi connectivity index (χ3n) is 5.29. The van der Waals surface area contributed by atoms with Crippen molar-refractivity contribution in [3.8, 4) is 0 Å². The maximum atomic E-state index is 13.3. The van der Waals surface area contributed by atoms with Crippen LogP contribution >= 0.6 is 11.3 Å². The first-order chi connectivity index (χ1) is 16.1. The van der Waals surface area contributed by atoms with Crippen LogP contribution in [-0.2, 0) is 5.92 Å². The zero-order valence-electron chi connectivity index (χ0n) is 18.7. The quantitative estimate of drug-likeness (QED) is 0.290. The molecule has 6 nitrogen and oxygen atoms in total. The van der Waals surface area contributed by atoms with Crippen molar-refractivity contribution in [3.05, 3.63) is 82.9 Å². The highest BCUT2D eigenvalue weighted by Gasteiger charge is 2.23. The Morgan fingerprint density at radius 3 is 2.24 bits per heavy atom. The van der Waals surface area contributed by atoms with E-state index in [1.807, 2.05) is 32.0 Å². The molecule has 3 aromatic carbocycles. The van der Waals surface area contributed by atoms with Crippen LogP contribution in [-0.4, -0.2) is 16.9 Å². The van der Waals surface area contributed by atoms with Crippen LogP contribution in [0.1, 0.15) is 34.0 Å². The third kappa shape index (κ3) is 5.37. The lowest BCUT2D eigenvalue weighted by molar-refractivity contribution is 0.0175. The monoisotopic (exact) mass is 480 g/mol. The van der Waals surface area contributed by atoms with Crippen molar-refractivity contribution in [1.82, 2.24) is 4.98 Å². The van der Waals surface area contributed by atoms with Gasteiger partial charge in [0.05, 0.1) is 10.2 Å². The molecule has 0 bridgehead atoms. The number of benzene rings is 3. The number of amides is 3. The number of anilines is 3. The second-order valence-corrected chi connectivity index (χ2v) is 9.03. The van der Waals surface area contributed by atoms with Crippen molar-refractivity contribution < 1.29 is 18.4 Å². The van der Waals surface area contributed by atoms with E-state index in [2.05, 4.69) is 20.9 Å². The molecule has 0 aliphatic heterocycles. The molecule has 0 atom stereocenters. The number of fused-ring (bicyclic) bond motifs is 1. The second-order valence-electron chi connectivity index (χ2n) is 8.00. The predicted octanol–water partition coefficient (Wildman–Crippen LogP) is 6.92. The molecule has 4 aromatic rings. The fourth-order valence-electron chi connectivity index (χ4n) is 3.25. The topological polar surface area (TPSA) is 83.1 Å². The molecule has 0 spiro atoms. The Morgan fingerprint density at radius 2 is 1.56 bits per heavy atom. The van der Waals surface area contributed by atoms with Gasteiger partial charge < -0.3 is 10.6 Å². The molecule has 174 valence electrons. The van der Waals surface area contributed by atoms with E-state index in [0.717, 1.165) is 22.8 Å². The van der Waals surface area contributed by atoms with Gasteiger partial charge in [-0.2, -0.15) is 0 Å². The van der Waals surface area contributed by atoms with Gasteiger partial charge in [-0.15, -0.1) is 0 Å². The van der Waals surface area contributed by atoms with Crippen molar-refractivity contribution >= 4 is 50.0 Å². The molecule has 0 fully saturated rings. The highest BCUT2D eigenvalue weighted by Crippen LogP contribution is 2.29. The van der Waals surface area contributed by atoms with Gasteiger partial charge in [-0.3, -0.25) is 10.1 Å². The predicted molar refractivity (Wildman–Crippen MR) is 132 cm³/mol. The third-order valence-corrected chi connectivity index (χ3v) is 6.22. The maximum Gasteiger partial charge on any atom is 0.325 e. The zero-order chi connectivity index (χ0) is 24.5. The van der Waals surface area contributed by atoms with E-state index in [1.165, 1.54) is 35.6 Å². The normalized spacial score (nSPS) is 11.3. The number of nitrogens with zero attached hydrogens (tertiary/aromatic N) is 1. The van der Waals surface area contributed by atoms with Crippen LogP contribution in [0.25, 0.3) is 10.2 Å². The lowest BCUT2D eigenvalue weighted by Crippen LogP contribution is -2.19. The summed E-state index contributed by atoms with van der Waals surface area (Å²) in [6.07, 6.45) is 0. The molecule has 1 heterocycles. The molecule has 0 saturated carbocycles. The molecule has 0 radical (unpaired) electrons. The molecule has 4 rings (SSSR count). The fraction of sp³-hybridized carbons (Fsp3) is 0.160. The number of carbonyl (C=O) groups excluding carboxylic acids is 2. The largest absolute Gasteiger partial charge is 0.325 e. The molecule has 3 amide bonds. The maximum absolute atomic E-state index is 13.3. The summed E-state index contributed by atoms with van der Waals surface area (Å²) >= 11 is 1.22. The van der Waals surface area contributed by atoms with E-state index in [-0.39, 0.29) is 11.5 Å². The first-order valence-corrected chi connectivity index (χ1v) is 11.3. The molecule has 0 unspecified atom stereocenters. The number of halogens is 2. The molecular formula is C25H22F2N4O2S. The summed E-state index contributed by atoms with van der Waals surface area (Å²) in [5, 5.41) is 8.45. The van der Waals surface area contributed by atoms with Crippen molar-refractivity contribution in [1.29, 1.82) is 0 Å². The molecular weight excluding hydrogens is 458 g/mol. The Bertz CT molecular complexity index is 1380. The average Bonchev–Trinajstić information content (AvgIpc) is 3.17. The number of rotatable bonds is 5. The van der Waals surface area contributed by atoms with Gasteiger partial charge >= 0.3 is 6.03 Å². The van der Waals surface area contributed by atoms with Gasteiger partial charge in [0.2, 0.25) is 0 Å². The summed E-state index contributed by atoms with van der Waals surface area (Å²) in [6, 6.07) is 15.6. The standard InChI is InChI=1S/C25H22F2N4O2S/c1-14-4-8-19(12-15(14)2)28-22(32)16-5-11-20-21(13-16)34-24(30-20)31-23(33)29-18-9-6-17(7-10-18)25(3,26)27/h4-13H,1-3H3,(H,28,32)(H2,29,30,31,33). The highest BCUT2D eigenvalue weighted by molar-refractivity contribution is 7.22. The van der Waals surface area contributed by atoms with E-state index < -0.39 is 12.0 Å². The minimum Gasteiger partial charge on any atom is -0.322 e. The molecule has 34 heavy (non-hydrogen) atoms. The molecule has 0 aliphatic rings. The van der Waals surface area contributed by atoms with Crippen LogP contribution in [0.15, 0.2) is 60.7 Å². The molecule has 9 heteroatoms. The van der Waals surface area contributed by atoms with Crippen molar-refractivity contribution in [2.75, 3.05) is 16.0 Å². The summed E-state index contributed by atoms with van der Waals surface area (Å²) < 4.78 is 27.4. The Morgan fingerprint density at radius 1 is 0.853 bits per heavy atom. The number of hydrogen-bond acceptors (Lipinski definition) is 4. The number of thiazole rings is 1. The van der Waals surface area contributed by atoms with E-state index in [9.17, 15) is 18.4 Å². The summed E-state index contributed by atoms with van der Waals surface area (Å²) in [5.41, 5.74) is 4.29. The van der Waals surface area contributed by atoms with Crippen LogP contribution < -0.4 is 16.0 Å². The van der Waals surface area contributed by atoms with Gasteiger partial charge in [0.1, 0.15) is 0 Å². The number of carbonyl (C=O) groups is 2. The van der Waals surface area contributed by atoms with Crippen LogP contribution in [0.4, 0.5) is 30.1 Å². The molecule has 3 N–H and O–H groups in total. The number of aromatic nitrogens is 1. The van der Waals surface area contributed by atoms with Gasteiger partial charge in [-0.05, 0) is 67.4 Å². The average molecular weight is 481 g/mol. The zero-order valence-corrected chi connectivity index (χ0v) is 19.5. The minimum atomic E-state index is -2.95. The van der Waals surface area contributed by atoms with Crippen LogP contribution in [0.2, 0.25) is 0 Å². The van der Waals surface area contributed by atoms with Crippen molar-refractivity contribution in [2.45, 2.75) is 26.7 Å². The molecule has 0 saturated heterocycles. The SMILES string of the molecule is Cc1ccc(NC(=O)c2ccc3nc(NC(=O)Nc4ccc(C(C)(F)F)cc4)sc3c2)cc1C. The number of aryl methyl sites for hydroxylation is 2. The van der Waals surface area contributed by atoms with Gasteiger partial charge in [0.25, 0.3) is 11.8 Å². The van der Waals surface area contributed by atoms with E-state index >= 15 is 0 Å². The number of nitrogens with one attached hydrogen (secondary N) is 3. The van der Waals surface area contributed by atoms with Crippen LogP contribution in [0.3, 0.4) is 0 Å². The lowest BCUT2D eigenvalue weighted by atomic mass is 10.1. The summed E-state index contributed by atoms with van der Waals surface area (Å²) in [7, 11) is 0. The number of urea groups is 1. The summed E-state index contributed by atoms with van der Waals surface area (Å²) in [4.78, 5) is 29.3. The van der Waals surface area contributed by atoms with E-state index in [4.69, 9.17) is 0 Å². The smallest absolute Gasteiger partial charge is 0.322 e. The Kier molecular flexibility index (Phi) is 6.30. The van der Waals surface area contributed by atoms with Crippen molar-refractivity contribution in [3.63, 3.8) is 0 Å². The lowest BCUT2D eigenvalue weighted by Gasteiger charge is -2.11. The van der Waals surface area contributed by atoms with Gasteiger partial charge in [0, 0.05) is 29.4 Å². The first-order valence-electron chi connectivity index (χ1n) is 10.4. The fourth-order valence-corrected chi connectivity index (χ4v) is 4.15. The minimum absolute atomic E-state index is 0.137. The molecule has 0 aliphatic carbocycles. The van der Waals surface area contributed by atoms with E-state index in [1.54, 1.807) is 18.2 Å². The number of alkyl halides is 2. The number of hydrogen-bond donors (Lipinski definition) is 3. The second kappa shape index (κ2) is 9.18. The highest BCUT2D eigenvalue weighted by atomic mass is 32.1.